The van der Waals surface area contributed by atoms with Gasteiger partial charge in [-0.25, -0.2) is 0 Å². The summed E-state index contributed by atoms with van der Waals surface area (Å²) in [6, 6.07) is 0.689. The van der Waals surface area contributed by atoms with Gasteiger partial charge in [-0.3, -0.25) is 4.90 Å². The maximum atomic E-state index is 3.86. The highest BCUT2D eigenvalue weighted by atomic mass is 15.3. The fourth-order valence-corrected chi connectivity index (χ4v) is 3.42. The van der Waals surface area contributed by atoms with Gasteiger partial charge in [0.05, 0.1) is 0 Å². The first kappa shape index (κ1) is 13.4. The molecular weight excluding hydrogens is 208 g/mol. The van der Waals surface area contributed by atoms with Crippen molar-refractivity contribution in [2.45, 2.75) is 65.5 Å². The van der Waals surface area contributed by atoms with Crippen LogP contribution in [0.15, 0.2) is 0 Å². The number of rotatable bonds is 3. The molecule has 2 fully saturated rings. The van der Waals surface area contributed by atoms with Crippen LogP contribution >= 0.6 is 0 Å². The molecule has 0 radical (unpaired) electrons. The molecule has 2 nitrogen and oxygen atoms in total. The predicted molar refractivity (Wildman–Crippen MR) is 74.2 cm³/mol. The van der Waals surface area contributed by atoms with Gasteiger partial charge in [0.15, 0.2) is 0 Å². The van der Waals surface area contributed by atoms with E-state index in [9.17, 15) is 0 Å². The van der Waals surface area contributed by atoms with E-state index in [1.807, 2.05) is 0 Å². The van der Waals surface area contributed by atoms with Crippen LogP contribution in [0.3, 0.4) is 0 Å². The fraction of sp³-hybridized carbons (Fsp3) is 1.00. The SMILES string of the molecule is CCCN1CC(C)(C2CC2)NCC1C(C)(C)C. The average molecular weight is 238 g/mol. The summed E-state index contributed by atoms with van der Waals surface area (Å²) in [5.41, 5.74) is 0.768. The van der Waals surface area contributed by atoms with Gasteiger partial charge in [0, 0.05) is 24.7 Å². The molecule has 0 aromatic rings. The maximum Gasteiger partial charge on any atom is 0.0309 e. The van der Waals surface area contributed by atoms with E-state index in [4.69, 9.17) is 0 Å². The van der Waals surface area contributed by atoms with Crippen molar-refractivity contribution in [3.05, 3.63) is 0 Å². The maximum absolute atomic E-state index is 3.86. The first-order valence-corrected chi connectivity index (χ1v) is 7.36. The molecule has 2 aliphatic rings. The van der Waals surface area contributed by atoms with Crippen molar-refractivity contribution in [2.24, 2.45) is 11.3 Å². The number of piperazine rings is 1. The molecule has 2 heteroatoms. The van der Waals surface area contributed by atoms with Crippen molar-refractivity contribution in [3.63, 3.8) is 0 Å². The van der Waals surface area contributed by atoms with Crippen LogP contribution in [0.1, 0.15) is 53.9 Å². The molecule has 1 heterocycles. The molecule has 1 saturated heterocycles. The molecular formula is C15H30N2. The van der Waals surface area contributed by atoms with Gasteiger partial charge < -0.3 is 5.32 Å². The molecule has 1 N–H and O–H groups in total. The zero-order chi connectivity index (χ0) is 12.7. The van der Waals surface area contributed by atoms with Crippen LogP contribution in [0.2, 0.25) is 0 Å². The van der Waals surface area contributed by atoms with Crippen LogP contribution in [0.5, 0.6) is 0 Å². The summed E-state index contributed by atoms with van der Waals surface area (Å²) >= 11 is 0. The summed E-state index contributed by atoms with van der Waals surface area (Å²) in [6.07, 6.45) is 4.14. The molecule has 0 aromatic heterocycles. The standard InChI is InChI=1S/C15H30N2/c1-6-9-17-11-15(5,12-7-8-12)16-10-13(17)14(2,3)4/h12-13,16H,6-11H2,1-5H3. The van der Waals surface area contributed by atoms with Gasteiger partial charge >= 0.3 is 0 Å². The normalized spacial score (nSPS) is 36.2. The summed E-state index contributed by atoms with van der Waals surface area (Å²) in [4.78, 5) is 2.74. The van der Waals surface area contributed by atoms with Crippen LogP contribution < -0.4 is 5.32 Å². The number of nitrogens with one attached hydrogen (secondary N) is 1. The molecule has 2 rings (SSSR count). The third kappa shape index (κ3) is 2.85. The predicted octanol–water partition coefficient (Wildman–Crippen LogP) is 2.89. The first-order chi connectivity index (χ1) is 7.87. The zero-order valence-electron chi connectivity index (χ0n) is 12.3. The Bertz CT molecular complexity index is 265. The molecule has 0 bridgehead atoms. The lowest BCUT2D eigenvalue weighted by Crippen LogP contribution is -2.66. The minimum absolute atomic E-state index is 0.382. The van der Waals surface area contributed by atoms with Gasteiger partial charge in [0.2, 0.25) is 0 Å². The Morgan fingerprint density at radius 2 is 1.94 bits per heavy atom. The summed E-state index contributed by atoms with van der Waals surface area (Å²) in [5, 5.41) is 3.86. The largest absolute Gasteiger partial charge is 0.308 e. The lowest BCUT2D eigenvalue weighted by molar-refractivity contribution is 0.0205. The Morgan fingerprint density at radius 1 is 1.29 bits per heavy atom. The van der Waals surface area contributed by atoms with E-state index in [0.717, 1.165) is 12.5 Å². The molecule has 2 atom stereocenters. The molecule has 1 saturated carbocycles. The zero-order valence-corrected chi connectivity index (χ0v) is 12.3. The van der Waals surface area contributed by atoms with Crippen molar-refractivity contribution >= 4 is 0 Å². The third-order valence-electron chi connectivity index (χ3n) is 4.66. The lowest BCUT2D eigenvalue weighted by atomic mass is 9.80. The highest BCUT2D eigenvalue weighted by molar-refractivity contribution is 5.05. The van der Waals surface area contributed by atoms with Gasteiger partial charge in [0.25, 0.3) is 0 Å². The summed E-state index contributed by atoms with van der Waals surface area (Å²) in [6.45, 7) is 15.5. The van der Waals surface area contributed by atoms with Crippen molar-refractivity contribution in [1.29, 1.82) is 0 Å². The monoisotopic (exact) mass is 238 g/mol. The minimum atomic E-state index is 0.382. The number of hydrogen-bond acceptors (Lipinski definition) is 2. The molecule has 2 unspecified atom stereocenters. The van der Waals surface area contributed by atoms with Gasteiger partial charge in [-0.15, -0.1) is 0 Å². The van der Waals surface area contributed by atoms with E-state index in [0.29, 0.717) is 17.0 Å². The van der Waals surface area contributed by atoms with Crippen LogP contribution in [0.4, 0.5) is 0 Å². The lowest BCUT2D eigenvalue weighted by Gasteiger charge is -2.51. The van der Waals surface area contributed by atoms with E-state index in [1.165, 1.54) is 32.4 Å². The van der Waals surface area contributed by atoms with Crippen LogP contribution in [-0.2, 0) is 0 Å². The van der Waals surface area contributed by atoms with Gasteiger partial charge in [0.1, 0.15) is 0 Å². The van der Waals surface area contributed by atoms with Gasteiger partial charge in [-0.1, -0.05) is 27.7 Å². The van der Waals surface area contributed by atoms with Crippen LogP contribution in [-0.4, -0.2) is 36.1 Å². The summed E-state index contributed by atoms with van der Waals surface area (Å²) in [5.74, 6) is 0.933. The Labute approximate surface area is 107 Å². The molecule has 0 spiro atoms. The number of nitrogens with zero attached hydrogens (tertiary/aromatic N) is 1. The second kappa shape index (κ2) is 4.55. The Balaban J connectivity index is 2.07. The molecule has 0 aromatic carbocycles. The highest BCUT2D eigenvalue weighted by Crippen LogP contribution is 2.42. The smallest absolute Gasteiger partial charge is 0.0309 e. The first-order valence-electron chi connectivity index (χ1n) is 7.36. The Hall–Kier alpha value is -0.0800. The van der Waals surface area contributed by atoms with Crippen molar-refractivity contribution in [2.75, 3.05) is 19.6 Å². The minimum Gasteiger partial charge on any atom is -0.308 e. The van der Waals surface area contributed by atoms with Crippen molar-refractivity contribution in [3.8, 4) is 0 Å². The fourth-order valence-electron chi connectivity index (χ4n) is 3.42. The quantitative estimate of drug-likeness (QED) is 0.813. The summed E-state index contributed by atoms with van der Waals surface area (Å²) in [7, 11) is 0. The number of hydrogen-bond donors (Lipinski definition) is 1. The van der Waals surface area contributed by atoms with Gasteiger partial charge in [-0.2, -0.15) is 0 Å². The highest BCUT2D eigenvalue weighted by Gasteiger charge is 2.47. The second-order valence-electron chi connectivity index (χ2n) is 7.42. The van der Waals surface area contributed by atoms with Crippen molar-refractivity contribution < 1.29 is 0 Å². The second-order valence-corrected chi connectivity index (χ2v) is 7.42. The third-order valence-corrected chi connectivity index (χ3v) is 4.66. The van der Waals surface area contributed by atoms with Crippen LogP contribution in [0.25, 0.3) is 0 Å². The van der Waals surface area contributed by atoms with E-state index < -0.39 is 0 Å². The average Bonchev–Trinajstić information content (AvgIpc) is 2.99. The molecule has 100 valence electrons. The Morgan fingerprint density at radius 3 is 2.41 bits per heavy atom. The van der Waals surface area contributed by atoms with E-state index in [1.54, 1.807) is 0 Å². The molecule has 1 aliphatic heterocycles. The molecule has 0 amide bonds. The molecule has 17 heavy (non-hydrogen) atoms. The topological polar surface area (TPSA) is 15.3 Å². The van der Waals surface area contributed by atoms with Gasteiger partial charge in [-0.05, 0) is 44.1 Å². The Kier molecular flexibility index (Phi) is 3.57. The van der Waals surface area contributed by atoms with Crippen LogP contribution in [0, 0.1) is 11.3 Å². The van der Waals surface area contributed by atoms with E-state index >= 15 is 0 Å². The summed E-state index contributed by atoms with van der Waals surface area (Å²) < 4.78 is 0. The van der Waals surface area contributed by atoms with E-state index in [-0.39, 0.29) is 0 Å². The van der Waals surface area contributed by atoms with Crippen molar-refractivity contribution in [1.82, 2.24) is 10.2 Å². The molecule has 1 aliphatic carbocycles. The van der Waals surface area contributed by atoms with E-state index in [2.05, 4.69) is 44.8 Å².